The standard InChI is InChI=1S/C20H23N5O4/c26-19(14-24-7-9-25(10-8-24)18-3-1-2-6-21-18)23-20(27)22-15-4-5-16-17(13-15)29-12-11-28-16/h1-6,13H,7-12,14H2,(H2,22,23,26,27). The van der Waals surface area contributed by atoms with Gasteiger partial charge in [0.05, 0.1) is 6.54 Å². The summed E-state index contributed by atoms with van der Waals surface area (Å²) in [5.41, 5.74) is 0.531. The minimum absolute atomic E-state index is 0.171. The first-order valence-corrected chi connectivity index (χ1v) is 9.56. The first-order valence-electron chi connectivity index (χ1n) is 9.56. The second-order valence-electron chi connectivity index (χ2n) is 6.81. The number of rotatable bonds is 4. The van der Waals surface area contributed by atoms with Crippen LogP contribution in [0.2, 0.25) is 0 Å². The van der Waals surface area contributed by atoms with Crippen molar-refractivity contribution in [3.63, 3.8) is 0 Å². The maximum Gasteiger partial charge on any atom is 0.325 e. The topological polar surface area (TPSA) is 96.0 Å². The first kappa shape index (κ1) is 19.0. The molecule has 4 rings (SSSR count). The zero-order valence-corrected chi connectivity index (χ0v) is 16.0. The summed E-state index contributed by atoms with van der Waals surface area (Å²) in [6, 6.07) is 10.4. The van der Waals surface area contributed by atoms with Crippen molar-refractivity contribution in [1.82, 2.24) is 15.2 Å². The molecule has 3 amide bonds. The van der Waals surface area contributed by atoms with Crippen LogP contribution in [0.1, 0.15) is 0 Å². The van der Waals surface area contributed by atoms with Gasteiger partial charge in [-0.05, 0) is 24.3 Å². The normalized spacial score (nSPS) is 16.2. The Bertz CT molecular complexity index is 868. The number of fused-ring (bicyclic) bond motifs is 1. The summed E-state index contributed by atoms with van der Waals surface area (Å²) in [6.07, 6.45) is 1.77. The molecule has 0 spiro atoms. The highest BCUT2D eigenvalue weighted by atomic mass is 16.6. The molecule has 0 atom stereocenters. The third kappa shape index (κ3) is 4.94. The van der Waals surface area contributed by atoms with E-state index in [-0.39, 0.29) is 12.5 Å². The number of hydrogen-bond acceptors (Lipinski definition) is 7. The largest absolute Gasteiger partial charge is 0.486 e. The number of carbonyl (C=O) groups excluding carboxylic acids is 2. The summed E-state index contributed by atoms with van der Waals surface area (Å²) < 4.78 is 10.9. The number of aromatic nitrogens is 1. The van der Waals surface area contributed by atoms with Gasteiger partial charge in [-0.15, -0.1) is 0 Å². The van der Waals surface area contributed by atoms with Crippen molar-refractivity contribution < 1.29 is 19.1 Å². The lowest BCUT2D eigenvalue weighted by Gasteiger charge is -2.34. The van der Waals surface area contributed by atoms with Crippen LogP contribution in [0.15, 0.2) is 42.6 Å². The highest BCUT2D eigenvalue weighted by Gasteiger charge is 2.21. The summed E-state index contributed by atoms with van der Waals surface area (Å²) in [6.45, 7) is 4.17. The molecule has 0 saturated carbocycles. The Hall–Kier alpha value is -3.33. The highest BCUT2D eigenvalue weighted by Crippen LogP contribution is 2.32. The Morgan fingerprint density at radius 3 is 2.55 bits per heavy atom. The van der Waals surface area contributed by atoms with Gasteiger partial charge in [0.2, 0.25) is 5.91 Å². The minimum Gasteiger partial charge on any atom is -0.486 e. The van der Waals surface area contributed by atoms with Gasteiger partial charge in [0, 0.05) is 44.1 Å². The summed E-state index contributed by atoms with van der Waals surface area (Å²) in [4.78, 5) is 32.9. The van der Waals surface area contributed by atoms with E-state index in [0.29, 0.717) is 30.4 Å². The molecule has 0 aliphatic carbocycles. The quantitative estimate of drug-likeness (QED) is 0.803. The van der Waals surface area contributed by atoms with Gasteiger partial charge in [0.1, 0.15) is 19.0 Å². The molecule has 2 aliphatic rings. The SMILES string of the molecule is O=C(CN1CCN(c2ccccn2)CC1)NC(=O)Nc1ccc2c(c1)OCCO2. The summed E-state index contributed by atoms with van der Waals surface area (Å²) in [5.74, 6) is 1.82. The number of pyridine rings is 1. The van der Waals surface area contributed by atoms with E-state index in [4.69, 9.17) is 9.47 Å². The molecule has 2 N–H and O–H groups in total. The number of imide groups is 1. The van der Waals surface area contributed by atoms with Crippen LogP contribution in [0.3, 0.4) is 0 Å². The molecule has 9 heteroatoms. The first-order chi connectivity index (χ1) is 14.2. The van der Waals surface area contributed by atoms with E-state index in [1.165, 1.54) is 0 Å². The lowest BCUT2D eigenvalue weighted by atomic mass is 10.2. The number of nitrogens with zero attached hydrogens (tertiary/aromatic N) is 3. The van der Waals surface area contributed by atoms with Gasteiger partial charge in [0.25, 0.3) is 0 Å². The van der Waals surface area contributed by atoms with E-state index < -0.39 is 6.03 Å². The maximum atomic E-state index is 12.2. The van der Waals surface area contributed by atoms with Gasteiger partial charge >= 0.3 is 6.03 Å². The van der Waals surface area contributed by atoms with Crippen LogP contribution < -0.4 is 25.0 Å². The van der Waals surface area contributed by atoms with Crippen molar-refractivity contribution in [2.45, 2.75) is 0 Å². The molecule has 2 aromatic rings. The third-order valence-electron chi connectivity index (χ3n) is 4.77. The average molecular weight is 397 g/mol. The molecule has 1 aromatic carbocycles. The zero-order chi connectivity index (χ0) is 20.1. The number of urea groups is 1. The Morgan fingerprint density at radius 2 is 1.79 bits per heavy atom. The second kappa shape index (κ2) is 8.78. The Balaban J connectivity index is 1.22. The summed E-state index contributed by atoms with van der Waals surface area (Å²) in [7, 11) is 0. The predicted molar refractivity (Wildman–Crippen MR) is 107 cm³/mol. The molecule has 1 saturated heterocycles. The molecule has 1 aromatic heterocycles. The molecule has 2 aliphatic heterocycles. The molecule has 0 bridgehead atoms. The Kier molecular flexibility index (Phi) is 5.76. The maximum absolute atomic E-state index is 12.2. The molecule has 152 valence electrons. The monoisotopic (exact) mass is 397 g/mol. The number of nitrogens with one attached hydrogen (secondary N) is 2. The number of carbonyl (C=O) groups is 2. The van der Waals surface area contributed by atoms with Crippen molar-refractivity contribution in [3.8, 4) is 11.5 Å². The molecule has 0 unspecified atom stereocenters. The number of hydrogen-bond donors (Lipinski definition) is 2. The molecule has 29 heavy (non-hydrogen) atoms. The van der Waals surface area contributed by atoms with Gasteiger partial charge in [-0.1, -0.05) is 6.07 Å². The lowest BCUT2D eigenvalue weighted by Crippen LogP contribution is -2.50. The number of ether oxygens (including phenoxy) is 2. The number of amides is 3. The van der Waals surface area contributed by atoms with Crippen LogP contribution in [0.4, 0.5) is 16.3 Å². The van der Waals surface area contributed by atoms with Gasteiger partial charge < -0.3 is 19.7 Å². The van der Waals surface area contributed by atoms with E-state index in [9.17, 15) is 9.59 Å². The predicted octanol–water partition coefficient (Wildman–Crippen LogP) is 1.32. The molecule has 1 fully saturated rings. The van der Waals surface area contributed by atoms with Crippen LogP contribution >= 0.6 is 0 Å². The fourth-order valence-electron chi connectivity index (χ4n) is 3.33. The van der Waals surface area contributed by atoms with Crippen LogP contribution in [-0.4, -0.2) is 67.8 Å². The van der Waals surface area contributed by atoms with Crippen LogP contribution in [0.5, 0.6) is 11.5 Å². The van der Waals surface area contributed by atoms with Gasteiger partial charge in [-0.25, -0.2) is 9.78 Å². The smallest absolute Gasteiger partial charge is 0.325 e. The molecular weight excluding hydrogens is 374 g/mol. The second-order valence-corrected chi connectivity index (χ2v) is 6.81. The van der Waals surface area contributed by atoms with Crippen molar-refractivity contribution in [3.05, 3.63) is 42.6 Å². The number of benzene rings is 1. The molecule has 9 nitrogen and oxygen atoms in total. The molecule has 3 heterocycles. The van der Waals surface area contributed by atoms with E-state index in [0.717, 1.165) is 32.0 Å². The Morgan fingerprint density at radius 1 is 1.00 bits per heavy atom. The minimum atomic E-state index is -0.571. The molecular formula is C20H23N5O4. The lowest BCUT2D eigenvalue weighted by molar-refractivity contribution is -0.121. The molecule has 0 radical (unpaired) electrons. The third-order valence-corrected chi connectivity index (χ3v) is 4.77. The van der Waals surface area contributed by atoms with Crippen LogP contribution in [-0.2, 0) is 4.79 Å². The van der Waals surface area contributed by atoms with Gasteiger partial charge in [-0.3, -0.25) is 15.0 Å². The van der Waals surface area contributed by atoms with Crippen molar-refractivity contribution in [2.24, 2.45) is 0 Å². The summed E-state index contributed by atoms with van der Waals surface area (Å²) in [5, 5.41) is 5.02. The van der Waals surface area contributed by atoms with Crippen molar-refractivity contribution in [2.75, 3.05) is 56.2 Å². The highest BCUT2D eigenvalue weighted by molar-refractivity contribution is 6.01. The fraction of sp³-hybridized carbons (Fsp3) is 0.350. The van der Waals surface area contributed by atoms with Crippen molar-refractivity contribution in [1.29, 1.82) is 0 Å². The average Bonchev–Trinajstić information content (AvgIpc) is 2.74. The van der Waals surface area contributed by atoms with Crippen molar-refractivity contribution >= 4 is 23.4 Å². The zero-order valence-electron chi connectivity index (χ0n) is 16.0. The van der Waals surface area contributed by atoms with Gasteiger partial charge in [-0.2, -0.15) is 0 Å². The number of piperazine rings is 1. The fourth-order valence-corrected chi connectivity index (χ4v) is 3.33. The number of anilines is 2. The van der Waals surface area contributed by atoms with E-state index in [1.807, 2.05) is 23.1 Å². The van der Waals surface area contributed by atoms with Crippen LogP contribution in [0, 0.1) is 0 Å². The van der Waals surface area contributed by atoms with Gasteiger partial charge in [0.15, 0.2) is 11.5 Å². The van der Waals surface area contributed by atoms with E-state index in [1.54, 1.807) is 24.4 Å². The summed E-state index contributed by atoms with van der Waals surface area (Å²) >= 11 is 0. The Labute approximate surface area is 168 Å². The van der Waals surface area contributed by atoms with E-state index in [2.05, 4.69) is 20.5 Å². The van der Waals surface area contributed by atoms with Crippen LogP contribution in [0.25, 0.3) is 0 Å². The van der Waals surface area contributed by atoms with E-state index >= 15 is 0 Å².